The third-order valence-corrected chi connectivity index (χ3v) is 1.57. The molecule has 0 radical (unpaired) electrons. The zero-order chi connectivity index (χ0) is 10.3. The highest BCUT2D eigenvalue weighted by atomic mass is 15.0. The molecule has 4 N–H and O–H groups in total. The first-order chi connectivity index (χ1) is 6.11. The summed E-state index contributed by atoms with van der Waals surface area (Å²) in [5.74, 6) is 0.868. The molecule has 0 heterocycles. The largest absolute Gasteiger partial charge is 0.385 e. The molecule has 0 fully saturated rings. The van der Waals surface area contributed by atoms with Crippen LogP contribution >= 0.6 is 0 Å². The Bertz CT molecular complexity index is 237. The van der Waals surface area contributed by atoms with Crippen molar-refractivity contribution in [3.05, 3.63) is 36.3 Å². The first-order valence-corrected chi connectivity index (χ1v) is 4.17. The molecule has 0 rings (SSSR count). The van der Waals surface area contributed by atoms with Crippen LogP contribution in [0.15, 0.2) is 36.3 Å². The second-order valence-corrected chi connectivity index (χ2v) is 2.94. The van der Waals surface area contributed by atoms with Crippen LogP contribution in [0.4, 0.5) is 0 Å². The average molecular weight is 179 g/mol. The zero-order valence-electron chi connectivity index (χ0n) is 8.17. The molecule has 3 nitrogen and oxygen atoms in total. The van der Waals surface area contributed by atoms with E-state index in [9.17, 15) is 0 Å². The van der Waals surface area contributed by atoms with Crippen molar-refractivity contribution >= 4 is 6.21 Å². The average Bonchev–Trinajstić information content (AvgIpc) is 2.05. The number of allylic oxidation sites excluding steroid dienone is 3. The number of nitrogens with two attached hydrogens (primary N) is 1. The molecule has 0 aliphatic carbocycles. The molecule has 0 aromatic carbocycles. The van der Waals surface area contributed by atoms with E-state index >= 15 is 0 Å². The number of nitrogens with one attached hydrogen (secondary N) is 2. The lowest BCUT2D eigenvalue weighted by atomic mass is 10.1. The van der Waals surface area contributed by atoms with Gasteiger partial charge in [0.25, 0.3) is 0 Å². The predicted molar refractivity (Wildman–Crippen MR) is 57.3 cm³/mol. The van der Waals surface area contributed by atoms with Gasteiger partial charge in [-0.1, -0.05) is 26.5 Å². The second kappa shape index (κ2) is 6.06. The smallest absolute Gasteiger partial charge is 0.102 e. The van der Waals surface area contributed by atoms with Gasteiger partial charge in [-0.05, 0) is 17.6 Å². The van der Waals surface area contributed by atoms with Crippen LogP contribution in [0.5, 0.6) is 0 Å². The molecule has 0 spiro atoms. The SMILES string of the molecule is C=C/C(=C\N/C(N)=C\C=N)C(C)C. The van der Waals surface area contributed by atoms with E-state index in [0.29, 0.717) is 11.7 Å². The van der Waals surface area contributed by atoms with E-state index in [-0.39, 0.29) is 0 Å². The Balaban J connectivity index is 4.30. The summed E-state index contributed by atoms with van der Waals surface area (Å²) in [5, 5.41) is 9.66. The monoisotopic (exact) mass is 179 g/mol. The fourth-order valence-corrected chi connectivity index (χ4v) is 0.766. The predicted octanol–water partition coefficient (Wildman–Crippen LogP) is 1.75. The molecule has 3 heteroatoms. The van der Waals surface area contributed by atoms with Crippen molar-refractivity contribution in [2.45, 2.75) is 13.8 Å². The van der Waals surface area contributed by atoms with Crippen LogP contribution in [-0.2, 0) is 0 Å². The van der Waals surface area contributed by atoms with Crippen LogP contribution < -0.4 is 11.1 Å². The summed E-state index contributed by atoms with van der Waals surface area (Å²) in [5.41, 5.74) is 6.59. The number of hydrogen-bond acceptors (Lipinski definition) is 3. The highest BCUT2D eigenvalue weighted by Gasteiger charge is 1.96. The Morgan fingerprint density at radius 1 is 1.54 bits per heavy atom. The van der Waals surface area contributed by atoms with Crippen LogP contribution in [0, 0.1) is 11.3 Å². The molecule has 0 atom stereocenters. The normalized spacial score (nSPS) is 12.8. The van der Waals surface area contributed by atoms with Crippen LogP contribution in [0.3, 0.4) is 0 Å². The van der Waals surface area contributed by atoms with E-state index in [1.54, 1.807) is 12.3 Å². The molecule has 0 saturated heterocycles. The summed E-state index contributed by atoms with van der Waals surface area (Å²) >= 11 is 0. The van der Waals surface area contributed by atoms with Crippen molar-refractivity contribution in [1.82, 2.24) is 5.32 Å². The first-order valence-electron chi connectivity index (χ1n) is 4.17. The van der Waals surface area contributed by atoms with Crippen molar-refractivity contribution in [3.8, 4) is 0 Å². The van der Waals surface area contributed by atoms with E-state index < -0.39 is 0 Å². The summed E-state index contributed by atoms with van der Waals surface area (Å²) in [7, 11) is 0. The standard InChI is InChI=1S/C10H17N3/c1-4-9(8(2)3)7-13-10(12)5-6-11/h4-8,11,13H,1,12H2,2-3H3/b9-7+,10-5-,11-6?. The summed E-state index contributed by atoms with van der Waals surface area (Å²) in [6.07, 6.45) is 6.21. The van der Waals surface area contributed by atoms with Crippen molar-refractivity contribution in [3.63, 3.8) is 0 Å². The fraction of sp³-hybridized carbons (Fsp3) is 0.300. The molecule has 0 aromatic rings. The van der Waals surface area contributed by atoms with Gasteiger partial charge in [0.15, 0.2) is 0 Å². The van der Waals surface area contributed by atoms with Crippen molar-refractivity contribution in [1.29, 1.82) is 5.41 Å². The van der Waals surface area contributed by atoms with Crippen molar-refractivity contribution < 1.29 is 0 Å². The maximum Gasteiger partial charge on any atom is 0.102 e. The zero-order valence-corrected chi connectivity index (χ0v) is 8.17. The molecular formula is C10H17N3. The second-order valence-electron chi connectivity index (χ2n) is 2.94. The molecule has 0 amide bonds. The van der Waals surface area contributed by atoms with Gasteiger partial charge >= 0.3 is 0 Å². The van der Waals surface area contributed by atoms with E-state index in [1.165, 1.54) is 6.08 Å². The molecule has 0 saturated carbocycles. The van der Waals surface area contributed by atoms with Gasteiger partial charge in [-0.3, -0.25) is 0 Å². The topological polar surface area (TPSA) is 61.9 Å². The third kappa shape index (κ3) is 4.85. The lowest BCUT2D eigenvalue weighted by Gasteiger charge is -2.07. The molecule has 13 heavy (non-hydrogen) atoms. The molecular weight excluding hydrogens is 162 g/mol. The number of hydrogen-bond donors (Lipinski definition) is 3. The van der Waals surface area contributed by atoms with Gasteiger partial charge in [0.2, 0.25) is 0 Å². The van der Waals surface area contributed by atoms with Gasteiger partial charge in [-0.25, -0.2) is 0 Å². The van der Waals surface area contributed by atoms with Gasteiger partial charge in [0.1, 0.15) is 5.82 Å². The van der Waals surface area contributed by atoms with E-state index in [2.05, 4.69) is 25.7 Å². The first kappa shape index (κ1) is 11.5. The Labute approximate surface area is 79.5 Å². The summed E-state index contributed by atoms with van der Waals surface area (Å²) < 4.78 is 0. The highest BCUT2D eigenvalue weighted by molar-refractivity contribution is 5.68. The Morgan fingerprint density at radius 2 is 2.15 bits per heavy atom. The molecule has 72 valence electrons. The highest BCUT2D eigenvalue weighted by Crippen LogP contribution is 2.08. The minimum absolute atomic E-state index is 0.415. The Kier molecular flexibility index (Phi) is 5.35. The Morgan fingerprint density at radius 3 is 2.54 bits per heavy atom. The van der Waals surface area contributed by atoms with Gasteiger partial charge < -0.3 is 16.5 Å². The van der Waals surface area contributed by atoms with Crippen LogP contribution in [0.2, 0.25) is 0 Å². The summed E-state index contributed by atoms with van der Waals surface area (Å²) in [6, 6.07) is 0. The van der Waals surface area contributed by atoms with E-state index in [4.69, 9.17) is 11.1 Å². The third-order valence-electron chi connectivity index (χ3n) is 1.57. The molecule has 0 aliphatic rings. The van der Waals surface area contributed by atoms with Crippen molar-refractivity contribution in [2.24, 2.45) is 11.7 Å². The lowest BCUT2D eigenvalue weighted by Crippen LogP contribution is -2.15. The summed E-state index contributed by atoms with van der Waals surface area (Å²) in [4.78, 5) is 0. The minimum atomic E-state index is 0.415. The lowest BCUT2D eigenvalue weighted by molar-refractivity contribution is 0.780. The number of rotatable bonds is 5. The molecule has 0 aliphatic heterocycles. The maximum absolute atomic E-state index is 6.79. The van der Waals surface area contributed by atoms with E-state index in [0.717, 1.165) is 11.8 Å². The molecule has 0 aromatic heterocycles. The summed E-state index contributed by atoms with van der Waals surface area (Å²) in [6.45, 7) is 7.84. The molecule has 0 bridgehead atoms. The minimum Gasteiger partial charge on any atom is -0.385 e. The van der Waals surface area contributed by atoms with E-state index in [1.807, 2.05) is 0 Å². The van der Waals surface area contributed by atoms with Crippen molar-refractivity contribution in [2.75, 3.05) is 0 Å². The Hall–Kier alpha value is -1.51. The van der Waals surface area contributed by atoms with Crippen LogP contribution in [0.25, 0.3) is 0 Å². The maximum atomic E-state index is 6.79. The van der Waals surface area contributed by atoms with Gasteiger partial charge in [0.05, 0.1) is 0 Å². The van der Waals surface area contributed by atoms with Gasteiger partial charge in [-0.2, -0.15) is 0 Å². The fourth-order valence-electron chi connectivity index (χ4n) is 0.766. The van der Waals surface area contributed by atoms with Gasteiger partial charge in [0, 0.05) is 12.4 Å². The van der Waals surface area contributed by atoms with Gasteiger partial charge in [-0.15, -0.1) is 0 Å². The van der Waals surface area contributed by atoms with Crippen LogP contribution in [0.1, 0.15) is 13.8 Å². The van der Waals surface area contributed by atoms with Crippen LogP contribution in [-0.4, -0.2) is 6.21 Å². The quantitative estimate of drug-likeness (QED) is 0.445. The molecule has 0 unspecified atom stereocenters.